The first kappa shape index (κ1) is 37.0. The fourth-order valence-electron chi connectivity index (χ4n) is 6.67. The van der Waals surface area contributed by atoms with Crippen LogP contribution in [0.3, 0.4) is 0 Å². The van der Waals surface area contributed by atoms with E-state index in [1.165, 1.54) is 14.7 Å². The second-order valence-corrected chi connectivity index (χ2v) is 16.0. The highest BCUT2D eigenvalue weighted by Gasteiger charge is 2.55. The maximum Gasteiger partial charge on any atom is 0.248 e. The summed E-state index contributed by atoms with van der Waals surface area (Å²) in [6, 6.07) is 4.91. The maximum atomic E-state index is 14.5. The van der Waals surface area contributed by atoms with Gasteiger partial charge in [0.2, 0.25) is 33.7 Å². The second kappa shape index (κ2) is 14.5. The van der Waals surface area contributed by atoms with Crippen molar-refractivity contribution in [3.63, 3.8) is 0 Å². The summed E-state index contributed by atoms with van der Waals surface area (Å²) in [6.45, 7) is 6.75. The van der Waals surface area contributed by atoms with Gasteiger partial charge < -0.3 is 25.8 Å². The van der Waals surface area contributed by atoms with Gasteiger partial charge in [-0.15, -0.1) is 0 Å². The number of halogens is 3. The normalized spacial score (nSPS) is 24.1. The van der Waals surface area contributed by atoms with Crippen molar-refractivity contribution in [1.29, 1.82) is 0 Å². The number of rotatable bonds is 9. The SMILES string of the molecule is CC(C)C(N)C(=O)N1CCCC1C(=O)NC1CN(S(=O)(=O)c2cc(F)ccc2Cl)C2CN(C(C)C)C(=O)C(Cc3ccc(Cl)cc3)N2C1=O. The molecule has 0 aliphatic carbocycles. The molecular formula is C33H41Cl2FN6O6S. The molecule has 0 radical (unpaired) electrons. The van der Waals surface area contributed by atoms with Crippen LogP contribution in [-0.2, 0) is 35.6 Å². The fourth-order valence-corrected chi connectivity index (χ4v) is 8.87. The van der Waals surface area contributed by atoms with Crippen LogP contribution in [-0.4, -0.2) is 107 Å². The molecule has 0 aromatic heterocycles. The summed E-state index contributed by atoms with van der Waals surface area (Å²) in [7, 11) is -4.63. The predicted molar refractivity (Wildman–Crippen MR) is 181 cm³/mol. The highest BCUT2D eigenvalue weighted by atomic mass is 35.5. The van der Waals surface area contributed by atoms with E-state index < -0.39 is 81.2 Å². The third-order valence-corrected chi connectivity index (χ3v) is 12.0. The number of hydrogen-bond acceptors (Lipinski definition) is 7. The number of fused-ring (bicyclic) bond motifs is 1. The van der Waals surface area contributed by atoms with E-state index in [9.17, 15) is 32.0 Å². The van der Waals surface area contributed by atoms with Gasteiger partial charge in [-0.1, -0.05) is 49.2 Å². The highest BCUT2D eigenvalue weighted by Crippen LogP contribution is 2.35. The minimum atomic E-state index is -4.63. The van der Waals surface area contributed by atoms with Crippen LogP contribution in [0.5, 0.6) is 0 Å². The molecule has 2 aromatic rings. The summed E-state index contributed by atoms with van der Waals surface area (Å²) in [5.74, 6) is -3.14. The largest absolute Gasteiger partial charge is 0.341 e. The average Bonchev–Trinajstić information content (AvgIpc) is 3.54. The van der Waals surface area contributed by atoms with Gasteiger partial charge in [0.15, 0.2) is 0 Å². The van der Waals surface area contributed by atoms with Gasteiger partial charge in [0, 0.05) is 30.6 Å². The number of hydrogen-bond donors (Lipinski definition) is 2. The Labute approximate surface area is 295 Å². The molecule has 3 heterocycles. The van der Waals surface area contributed by atoms with Gasteiger partial charge in [0.25, 0.3) is 0 Å². The smallest absolute Gasteiger partial charge is 0.248 e. The van der Waals surface area contributed by atoms with Gasteiger partial charge in [-0.2, -0.15) is 4.31 Å². The molecule has 266 valence electrons. The van der Waals surface area contributed by atoms with E-state index >= 15 is 0 Å². The Balaban J connectivity index is 1.56. The number of nitrogens with one attached hydrogen (secondary N) is 1. The lowest BCUT2D eigenvalue weighted by molar-refractivity contribution is -0.169. The third-order valence-electron chi connectivity index (χ3n) is 9.44. The molecule has 5 rings (SSSR count). The summed E-state index contributed by atoms with van der Waals surface area (Å²) < 4.78 is 44.2. The number of carbonyl (C=O) groups excluding carboxylic acids is 4. The summed E-state index contributed by atoms with van der Waals surface area (Å²) in [5, 5.41) is 2.93. The Morgan fingerprint density at radius 2 is 1.69 bits per heavy atom. The molecular weight excluding hydrogens is 698 g/mol. The zero-order valence-corrected chi connectivity index (χ0v) is 30.0. The molecule has 0 bridgehead atoms. The van der Waals surface area contributed by atoms with E-state index in [0.717, 1.165) is 22.5 Å². The van der Waals surface area contributed by atoms with E-state index in [4.69, 9.17) is 28.9 Å². The van der Waals surface area contributed by atoms with E-state index in [1.807, 2.05) is 0 Å². The molecule has 3 aliphatic rings. The van der Waals surface area contributed by atoms with Crippen LogP contribution in [0, 0.1) is 11.7 Å². The molecule has 4 amide bonds. The molecule has 49 heavy (non-hydrogen) atoms. The molecule has 16 heteroatoms. The molecule has 0 spiro atoms. The number of nitrogens with zero attached hydrogens (tertiary/aromatic N) is 4. The van der Waals surface area contributed by atoms with Crippen LogP contribution in [0.1, 0.15) is 46.1 Å². The summed E-state index contributed by atoms with van der Waals surface area (Å²) in [5.41, 5.74) is 6.78. The van der Waals surface area contributed by atoms with Crippen LogP contribution >= 0.6 is 23.2 Å². The number of nitrogens with two attached hydrogens (primary N) is 1. The monoisotopic (exact) mass is 738 g/mol. The van der Waals surface area contributed by atoms with Crippen LogP contribution in [0.2, 0.25) is 10.0 Å². The number of amides is 4. The Morgan fingerprint density at radius 1 is 1.02 bits per heavy atom. The number of likely N-dealkylation sites (tertiary alicyclic amines) is 1. The first-order valence-electron chi connectivity index (χ1n) is 16.2. The van der Waals surface area contributed by atoms with Gasteiger partial charge in [0.1, 0.15) is 35.0 Å². The Morgan fingerprint density at radius 3 is 2.33 bits per heavy atom. The number of piperazine rings is 1. The molecule has 12 nitrogen and oxygen atoms in total. The van der Waals surface area contributed by atoms with Crippen molar-refractivity contribution in [3.8, 4) is 0 Å². The van der Waals surface area contributed by atoms with Crippen molar-refractivity contribution in [2.45, 2.75) is 88.2 Å². The van der Waals surface area contributed by atoms with Crippen molar-refractivity contribution in [3.05, 3.63) is 63.9 Å². The van der Waals surface area contributed by atoms with Crippen molar-refractivity contribution in [2.75, 3.05) is 19.6 Å². The first-order chi connectivity index (χ1) is 23.0. The number of benzene rings is 2. The zero-order chi connectivity index (χ0) is 35.9. The van der Waals surface area contributed by atoms with E-state index in [-0.39, 0.29) is 29.9 Å². The summed E-state index contributed by atoms with van der Waals surface area (Å²) in [6.07, 6.45) is -0.342. The lowest BCUT2D eigenvalue weighted by Crippen LogP contribution is -2.76. The highest BCUT2D eigenvalue weighted by molar-refractivity contribution is 7.89. The van der Waals surface area contributed by atoms with E-state index in [0.29, 0.717) is 30.0 Å². The summed E-state index contributed by atoms with van der Waals surface area (Å²) in [4.78, 5) is 59.1. The van der Waals surface area contributed by atoms with Crippen molar-refractivity contribution in [1.82, 2.24) is 24.3 Å². The van der Waals surface area contributed by atoms with Gasteiger partial charge in [0.05, 0.1) is 17.6 Å². The topological polar surface area (TPSA) is 153 Å². The van der Waals surface area contributed by atoms with Gasteiger partial charge in [-0.25, -0.2) is 12.8 Å². The lowest BCUT2D eigenvalue weighted by Gasteiger charge is -2.54. The molecule has 3 fully saturated rings. The average molecular weight is 740 g/mol. The van der Waals surface area contributed by atoms with Gasteiger partial charge in [-0.05, 0) is 68.5 Å². The van der Waals surface area contributed by atoms with Gasteiger partial charge in [-0.3, -0.25) is 19.2 Å². The Bertz CT molecular complexity index is 1730. The first-order valence-corrected chi connectivity index (χ1v) is 18.4. The minimum Gasteiger partial charge on any atom is -0.341 e. The third kappa shape index (κ3) is 7.29. The molecule has 0 saturated carbocycles. The lowest BCUT2D eigenvalue weighted by atomic mass is 9.96. The molecule has 3 aliphatic heterocycles. The molecule has 3 saturated heterocycles. The minimum absolute atomic E-state index is 0.0226. The number of carbonyl (C=O) groups is 4. The maximum absolute atomic E-state index is 14.5. The fraction of sp³-hybridized carbons (Fsp3) is 0.515. The molecule has 5 unspecified atom stereocenters. The van der Waals surface area contributed by atoms with Crippen molar-refractivity contribution < 1.29 is 32.0 Å². The van der Waals surface area contributed by atoms with Crippen LogP contribution in [0.25, 0.3) is 0 Å². The Hall–Kier alpha value is -3.30. The summed E-state index contributed by atoms with van der Waals surface area (Å²) >= 11 is 12.4. The molecule has 2 aromatic carbocycles. The molecule has 5 atom stereocenters. The van der Waals surface area contributed by atoms with Gasteiger partial charge >= 0.3 is 0 Å². The molecule has 3 N–H and O–H groups in total. The standard InChI is InChI=1S/C33H41Cl2FN6O6S/c1-18(2)29(37)33(46)39-13-5-6-25(39)30(43)38-24-16-41(49(47,48)27-15-22(36)11-12-23(27)35)28-17-40(19(3)4)32(45)26(42(28)31(24)44)14-20-7-9-21(34)10-8-20/h7-12,15,18-19,24-26,28-29H,5-6,13-14,16-17,37H2,1-4H3,(H,38,43). The quantitative estimate of drug-likeness (QED) is 0.401. The zero-order valence-electron chi connectivity index (χ0n) is 27.7. The number of sulfonamides is 1. The van der Waals surface area contributed by atoms with Crippen LogP contribution < -0.4 is 11.1 Å². The predicted octanol–water partition coefficient (Wildman–Crippen LogP) is 2.61. The van der Waals surface area contributed by atoms with E-state index in [2.05, 4.69) is 5.32 Å². The van der Waals surface area contributed by atoms with Crippen LogP contribution in [0.15, 0.2) is 47.4 Å². The van der Waals surface area contributed by atoms with Crippen molar-refractivity contribution in [2.24, 2.45) is 11.7 Å². The Kier molecular flexibility index (Phi) is 10.9. The van der Waals surface area contributed by atoms with Crippen molar-refractivity contribution >= 4 is 56.9 Å². The second-order valence-electron chi connectivity index (χ2n) is 13.3. The van der Waals surface area contributed by atoms with E-state index in [1.54, 1.807) is 52.0 Å². The van der Waals surface area contributed by atoms with Crippen LogP contribution in [0.4, 0.5) is 4.39 Å².